The Kier molecular flexibility index (Phi) is 3.60. The minimum Gasteiger partial charge on any atom is -0.494 e. The molecule has 1 aromatic carbocycles. The van der Waals surface area contributed by atoms with Crippen molar-refractivity contribution in [3.05, 3.63) is 39.3 Å². The van der Waals surface area contributed by atoms with Crippen LogP contribution < -0.4 is 10.2 Å². The van der Waals surface area contributed by atoms with Crippen LogP contribution in [0.25, 0.3) is 21.8 Å². The monoisotopic (exact) mass is 314 g/mol. The SMILES string of the molecule is CCOC(=O)c1cc(=O)c2c([nH]1)c(OC)cc1[nH]c(C)c(C)c12. The van der Waals surface area contributed by atoms with Crippen LogP contribution in [0.2, 0.25) is 0 Å². The molecule has 2 aromatic heterocycles. The summed E-state index contributed by atoms with van der Waals surface area (Å²) in [4.78, 5) is 30.8. The van der Waals surface area contributed by atoms with Gasteiger partial charge >= 0.3 is 5.97 Å². The minimum absolute atomic E-state index is 0.118. The maximum atomic E-state index is 12.7. The fourth-order valence-electron chi connectivity index (χ4n) is 2.85. The number of aromatic amines is 2. The van der Waals surface area contributed by atoms with Gasteiger partial charge in [0.05, 0.1) is 30.1 Å². The second-order valence-electron chi connectivity index (χ2n) is 5.39. The highest BCUT2D eigenvalue weighted by Crippen LogP contribution is 2.33. The predicted molar refractivity (Wildman–Crippen MR) is 88.4 cm³/mol. The Balaban J connectivity index is 2.45. The molecule has 3 aromatic rings. The summed E-state index contributed by atoms with van der Waals surface area (Å²) in [7, 11) is 1.53. The lowest BCUT2D eigenvalue weighted by Crippen LogP contribution is -2.13. The molecule has 2 heterocycles. The van der Waals surface area contributed by atoms with E-state index in [0.29, 0.717) is 16.7 Å². The van der Waals surface area contributed by atoms with Crippen molar-refractivity contribution < 1.29 is 14.3 Å². The summed E-state index contributed by atoms with van der Waals surface area (Å²) in [6.45, 7) is 5.87. The maximum absolute atomic E-state index is 12.7. The zero-order valence-electron chi connectivity index (χ0n) is 13.5. The second kappa shape index (κ2) is 5.46. The summed E-state index contributed by atoms with van der Waals surface area (Å²) < 4.78 is 10.4. The van der Waals surface area contributed by atoms with Gasteiger partial charge in [-0.1, -0.05) is 0 Å². The van der Waals surface area contributed by atoms with Gasteiger partial charge in [0.25, 0.3) is 0 Å². The van der Waals surface area contributed by atoms with E-state index in [-0.39, 0.29) is 17.7 Å². The van der Waals surface area contributed by atoms with Crippen LogP contribution in [0.5, 0.6) is 5.75 Å². The van der Waals surface area contributed by atoms with E-state index in [1.165, 1.54) is 13.2 Å². The van der Waals surface area contributed by atoms with Gasteiger partial charge in [-0.05, 0) is 26.3 Å². The number of pyridine rings is 1. The largest absolute Gasteiger partial charge is 0.494 e. The molecule has 0 radical (unpaired) electrons. The molecule has 0 saturated carbocycles. The maximum Gasteiger partial charge on any atom is 0.354 e. The first-order valence-electron chi connectivity index (χ1n) is 7.38. The Morgan fingerprint density at radius 3 is 2.57 bits per heavy atom. The number of hydrogen-bond acceptors (Lipinski definition) is 4. The van der Waals surface area contributed by atoms with Gasteiger partial charge in [-0.15, -0.1) is 0 Å². The topological polar surface area (TPSA) is 84.2 Å². The van der Waals surface area contributed by atoms with Crippen molar-refractivity contribution in [1.82, 2.24) is 9.97 Å². The number of carbonyl (C=O) groups excluding carboxylic acids is 1. The Bertz CT molecular complexity index is 982. The van der Waals surface area contributed by atoms with Gasteiger partial charge in [0.1, 0.15) is 11.4 Å². The van der Waals surface area contributed by atoms with Crippen molar-refractivity contribution in [3.8, 4) is 5.75 Å². The summed E-state index contributed by atoms with van der Waals surface area (Å²) in [5.74, 6) is -0.0624. The van der Waals surface area contributed by atoms with E-state index in [0.717, 1.165) is 22.2 Å². The number of methoxy groups -OCH3 is 1. The number of nitrogens with one attached hydrogen (secondary N) is 2. The first-order chi connectivity index (χ1) is 11.0. The number of aryl methyl sites for hydroxylation is 2. The number of ether oxygens (including phenoxy) is 2. The summed E-state index contributed by atoms with van der Waals surface area (Å²) >= 11 is 0. The highest BCUT2D eigenvalue weighted by Gasteiger charge is 2.18. The average Bonchev–Trinajstić information content (AvgIpc) is 2.81. The van der Waals surface area contributed by atoms with E-state index in [4.69, 9.17) is 9.47 Å². The van der Waals surface area contributed by atoms with Gasteiger partial charge in [-0.3, -0.25) is 4.79 Å². The van der Waals surface area contributed by atoms with E-state index >= 15 is 0 Å². The van der Waals surface area contributed by atoms with E-state index in [1.807, 2.05) is 19.9 Å². The van der Waals surface area contributed by atoms with E-state index in [2.05, 4.69) is 9.97 Å². The summed E-state index contributed by atoms with van der Waals surface area (Å²) in [6.07, 6.45) is 0. The van der Waals surface area contributed by atoms with Gasteiger partial charge < -0.3 is 19.4 Å². The molecule has 0 saturated heterocycles. The standard InChI is InChI=1S/C17H18N2O4/c1-5-23-17(21)11-6-12(20)15-14-8(2)9(3)18-10(14)7-13(22-4)16(15)19-11/h6-7,18H,5H2,1-4H3,(H,19,20). The van der Waals surface area contributed by atoms with Gasteiger partial charge in [0.15, 0.2) is 5.43 Å². The molecular weight excluding hydrogens is 296 g/mol. The Labute approximate surface area is 132 Å². The average molecular weight is 314 g/mol. The van der Waals surface area contributed by atoms with E-state index < -0.39 is 5.97 Å². The first kappa shape index (κ1) is 15.1. The quantitative estimate of drug-likeness (QED) is 0.728. The van der Waals surface area contributed by atoms with Crippen LogP contribution in [0, 0.1) is 13.8 Å². The lowest BCUT2D eigenvalue weighted by Gasteiger charge is -2.09. The molecule has 6 heteroatoms. The summed E-state index contributed by atoms with van der Waals surface area (Å²) in [5, 5.41) is 1.35. The van der Waals surface area contributed by atoms with E-state index in [9.17, 15) is 9.59 Å². The number of H-pyrrole nitrogens is 2. The molecule has 23 heavy (non-hydrogen) atoms. The normalized spacial score (nSPS) is 11.1. The number of aromatic nitrogens is 2. The molecule has 0 fully saturated rings. The Morgan fingerprint density at radius 2 is 1.91 bits per heavy atom. The number of carbonyl (C=O) groups is 1. The molecule has 2 N–H and O–H groups in total. The Hall–Kier alpha value is -2.76. The number of fused-ring (bicyclic) bond motifs is 3. The highest BCUT2D eigenvalue weighted by molar-refractivity contribution is 6.10. The van der Waals surface area contributed by atoms with Crippen LogP contribution in [-0.4, -0.2) is 29.7 Å². The molecule has 3 rings (SSSR count). The molecule has 0 aliphatic rings. The molecule has 6 nitrogen and oxygen atoms in total. The minimum atomic E-state index is -0.560. The molecule has 0 spiro atoms. The molecule has 0 unspecified atom stereocenters. The van der Waals surface area contributed by atoms with Crippen molar-refractivity contribution in [2.24, 2.45) is 0 Å². The van der Waals surface area contributed by atoms with Gasteiger partial charge in [0, 0.05) is 23.2 Å². The van der Waals surface area contributed by atoms with Crippen molar-refractivity contribution >= 4 is 27.8 Å². The molecule has 0 aliphatic carbocycles. The summed E-state index contributed by atoms with van der Waals surface area (Å²) in [5.41, 5.74) is 3.20. The van der Waals surface area contributed by atoms with Gasteiger partial charge in [0.2, 0.25) is 0 Å². The first-order valence-corrected chi connectivity index (χ1v) is 7.38. The Morgan fingerprint density at radius 1 is 1.17 bits per heavy atom. The molecule has 0 aliphatic heterocycles. The third-order valence-corrected chi connectivity index (χ3v) is 4.05. The highest BCUT2D eigenvalue weighted by atomic mass is 16.5. The van der Waals surface area contributed by atoms with Crippen molar-refractivity contribution in [2.45, 2.75) is 20.8 Å². The van der Waals surface area contributed by atoms with Crippen LogP contribution in [0.4, 0.5) is 0 Å². The summed E-state index contributed by atoms with van der Waals surface area (Å²) in [6, 6.07) is 3.10. The molecule has 0 bridgehead atoms. The third-order valence-electron chi connectivity index (χ3n) is 4.05. The smallest absolute Gasteiger partial charge is 0.354 e. The number of hydrogen-bond donors (Lipinski definition) is 2. The van der Waals surface area contributed by atoms with Crippen molar-refractivity contribution in [3.63, 3.8) is 0 Å². The van der Waals surface area contributed by atoms with Crippen LogP contribution in [0.1, 0.15) is 28.7 Å². The zero-order chi connectivity index (χ0) is 16.7. The second-order valence-corrected chi connectivity index (χ2v) is 5.39. The number of esters is 1. The van der Waals surface area contributed by atoms with Crippen LogP contribution in [0.15, 0.2) is 16.9 Å². The van der Waals surface area contributed by atoms with Gasteiger partial charge in [-0.2, -0.15) is 0 Å². The molecule has 0 atom stereocenters. The van der Waals surface area contributed by atoms with Gasteiger partial charge in [-0.25, -0.2) is 4.79 Å². The van der Waals surface area contributed by atoms with Crippen LogP contribution >= 0.6 is 0 Å². The molecule has 0 amide bonds. The number of rotatable bonds is 3. The fourth-order valence-corrected chi connectivity index (χ4v) is 2.85. The lowest BCUT2D eigenvalue weighted by atomic mass is 10.0. The fraction of sp³-hybridized carbons (Fsp3) is 0.294. The van der Waals surface area contributed by atoms with E-state index in [1.54, 1.807) is 6.92 Å². The van der Waals surface area contributed by atoms with Crippen LogP contribution in [0.3, 0.4) is 0 Å². The third kappa shape index (κ3) is 2.27. The van der Waals surface area contributed by atoms with Crippen molar-refractivity contribution in [2.75, 3.05) is 13.7 Å². The molecule has 120 valence electrons. The van der Waals surface area contributed by atoms with Crippen LogP contribution in [-0.2, 0) is 4.74 Å². The molecular formula is C17H18N2O4. The zero-order valence-corrected chi connectivity index (χ0v) is 13.5. The number of benzene rings is 1. The lowest BCUT2D eigenvalue weighted by molar-refractivity contribution is 0.0520. The van der Waals surface area contributed by atoms with Crippen molar-refractivity contribution in [1.29, 1.82) is 0 Å². The predicted octanol–water partition coefficient (Wildman–Crippen LogP) is 2.81.